The Labute approximate surface area is 91.7 Å². The van der Waals surface area contributed by atoms with Crippen molar-refractivity contribution in [3.05, 3.63) is 22.4 Å². The summed E-state index contributed by atoms with van der Waals surface area (Å²) in [5, 5.41) is 13.0. The van der Waals surface area contributed by atoms with Crippen LogP contribution >= 0.6 is 11.3 Å². The summed E-state index contributed by atoms with van der Waals surface area (Å²) in [7, 11) is 0. The second-order valence-corrected chi connectivity index (χ2v) is 4.67. The van der Waals surface area contributed by atoms with Crippen LogP contribution in [-0.4, -0.2) is 16.9 Å². The Balaban J connectivity index is 2.24. The molecule has 1 aromatic heterocycles. The minimum atomic E-state index is -0.779. The summed E-state index contributed by atoms with van der Waals surface area (Å²) in [5.74, 6) is -1.10. The van der Waals surface area contributed by atoms with Gasteiger partial charge in [0, 0.05) is 18.8 Å². The minimum Gasteiger partial charge on any atom is -0.481 e. The van der Waals surface area contributed by atoms with Crippen molar-refractivity contribution >= 4 is 23.1 Å². The summed E-state index contributed by atoms with van der Waals surface area (Å²) < 4.78 is 0. The van der Waals surface area contributed by atoms with Gasteiger partial charge in [0.05, 0.1) is 5.92 Å². The molecule has 1 aliphatic carbocycles. The normalized spacial score (nSPS) is 26.5. The van der Waals surface area contributed by atoms with Crippen molar-refractivity contribution in [3.8, 4) is 0 Å². The number of thiophene rings is 1. The van der Waals surface area contributed by atoms with Crippen molar-refractivity contribution in [1.29, 1.82) is 0 Å². The second kappa shape index (κ2) is 4.14. The Morgan fingerprint density at radius 2 is 2.33 bits per heavy atom. The highest BCUT2D eigenvalue weighted by Gasteiger charge is 2.35. The van der Waals surface area contributed by atoms with Gasteiger partial charge in [-0.2, -0.15) is 11.3 Å². The van der Waals surface area contributed by atoms with Crippen molar-refractivity contribution in [3.63, 3.8) is 0 Å². The molecule has 1 saturated carbocycles. The molecule has 2 rings (SSSR count). The number of carbonyl (C=O) groups excluding carboxylic acids is 1. The Morgan fingerprint density at radius 3 is 2.93 bits per heavy atom. The van der Waals surface area contributed by atoms with E-state index in [9.17, 15) is 9.59 Å². The van der Waals surface area contributed by atoms with Crippen molar-refractivity contribution in [2.75, 3.05) is 0 Å². The first-order valence-electron chi connectivity index (χ1n) is 4.95. The van der Waals surface area contributed by atoms with Crippen LogP contribution in [0, 0.1) is 5.92 Å². The number of carboxylic acid groups (broad SMARTS) is 1. The van der Waals surface area contributed by atoms with Crippen LogP contribution in [0.1, 0.15) is 30.7 Å². The van der Waals surface area contributed by atoms with E-state index in [0.29, 0.717) is 19.3 Å². The number of aliphatic carboxylic acids is 1. The third-order valence-corrected chi connectivity index (χ3v) is 3.66. The van der Waals surface area contributed by atoms with Crippen molar-refractivity contribution in [1.82, 2.24) is 0 Å². The first-order valence-corrected chi connectivity index (χ1v) is 5.89. The fourth-order valence-electron chi connectivity index (χ4n) is 2.14. The highest BCUT2D eigenvalue weighted by molar-refractivity contribution is 7.08. The van der Waals surface area contributed by atoms with E-state index in [4.69, 9.17) is 5.11 Å². The van der Waals surface area contributed by atoms with E-state index in [1.54, 1.807) is 11.3 Å². The third-order valence-electron chi connectivity index (χ3n) is 2.96. The van der Waals surface area contributed by atoms with E-state index in [-0.39, 0.29) is 11.7 Å². The smallest absolute Gasteiger partial charge is 0.307 e. The number of carboxylic acids is 1. The lowest BCUT2D eigenvalue weighted by atomic mass is 9.76. The molecule has 80 valence electrons. The third kappa shape index (κ3) is 2.09. The van der Waals surface area contributed by atoms with Crippen LogP contribution in [0.2, 0.25) is 0 Å². The van der Waals surface area contributed by atoms with E-state index >= 15 is 0 Å². The molecule has 0 spiro atoms. The van der Waals surface area contributed by atoms with Crippen LogP contribution in [0.4, 0.5) is 0 Å². The SMILES string of the molecule is O=C1CC[C@H](C(=O)O)[C@@H](c2ccsc2)C1. The molecule has 1 aliphatic rings. The topological polar surface area (TPSA) is 54.4 Å². The van der Waals surface area contributed by atoms with Gasteiger partial charge in [0.15, 0.2) is 0 Å². The van der Waals surface area contributed by atoms with Gasteiger partial charge in [-0.05, 0) is 28.8 Å². The Kier molecular flexibility index (Phi) is 2.86. The monoisotopic (exact) mass is 224 g/mol. The fourth-order valence-corrected chi connectivity index (χ4v) is 2.86. The number of ketones is 1. The molecule has 1 fully saturated rings. The van der Waals surface area contributed by atoms with E-state index in [1.165, 1.54) is 0 Å². The van der Waals surface area contributed by atoms with Gasteiger partial charge in [-0.25, -0.2) is 0 Å². The second-order valence-electron chi connectivity index (χ2n) is 3.89. The van der Waals surface area contributed by atoms with Gasteiger partial charge in [0.25, 0.3) is 0 Å². The molecule has 1 aromatic rings. The molecule has 0 radical (unpaired) electrons. The van der Waals surface area contributed by atoms with Gasteiger partial charge in [-0.1, -0.05) is 0 Å². The fraction of sp³-hybridized carbons (Fsp3) is 0.455. The van der Waals surface area contributed by atoms with Crippen LogP contribution in [0.5, 0.6) is 0 Å². The molecular weight excluding hydrogens is 212 g/mol. The maximum atomic E-state index is 11.3. The average Bonchev–Trinajstić information content (AvgIpc) is 2.69. The molecule has 0 aromatic carbocycles. The first kappa shape index (κ1) is 10.4. The summed E-state index contributed by atoms with van der Waals surface area (Å²) in [6.45, 7) is 0. The van der Waals surface area contributed by atoms with Gasteiger partial charge in [-0.15, -0.1) is 0 Å². The molecule has 0 saturated heterocycles. The summed E-state index contributed by atoms with van der Waals surface area (Å²) in [5.41, 5.74) is 1.00. The summed E-state index contributed by atoms with van der Waals surface area (Å²) >= 11 is 1.54. The first-order chi connectivity index (χ1) is 7.18. The summed E-state index contributed by atoms with van der Waals surface area (Å²) in [6, 6.07) is 1.92. The number of hydrogen-bond acceptors (Lipinski definition) is 3. The van der Waals surface area contributed by atoms with E-state index in [2.05, 4.69) is 0 Å². The summed E-state index contributed by atoms with van der Waals surface area (Å²) in [4.78, 5) is 22.4. The largest absolute Gasteiger partial charge is 0.481 e. The molecule has 4 heteroatoms. The molecule has 2 atom stereocenters. The van der Waals surface area contributed by atoms with Gasteiger partial charge in [-0.3, -0.25) is 9.59 Å². The van der Waals surface area contributed by atoms with Crippen LogP contribution in [0.3, 0.4) is 0 Å². The molecule has 0 bridgehead atoms. The number of carbonyl (C=O) groups is 2. The van der Waals surface area contributed by atoms with Crippen LogP contribution in [0.25, 0.3) is 0 Å². The van der Waals surface area contributed by atoms with Crippen molar-refractivity contribution in [2.24, 2.45) is 5.92 Å². The highest BCUT2D eigenvalue weighted by atomic mass is 32.1. The molecular formula is C11H12O3S. The maximum Gasteiger partial charge on any atom is 0.307 e. The van der Waals surface area contributed by atoms with Gasteiger partial charge < -0.3 is 5.11 Å². The molecule has 1 N–H and O–H groups in total. The molecule has 3 nitrogen and oxygen atoms in total. The Bertz CT molecular complexity index is 369. The van der Waals surface area contributed by atoms with Crippen LogP contribution in [0.15, 0.2) is 16.8 Å². The van der Waals surface area contributed by atoms with Crippen LogP contribution in [-0.2, 0) is 9.59 Å². The lowest BCUT2D eigenvalue weighted by Gasteiger charge is -2.27. The van der Waals surface area contributed by atoms with Crippen molar-refractivity contribution in [2.45, 2.75) is 25.2 Å². The number of Topliss-reactive ketones (excluding diaryl/α,β-unsaturated/α-hetero) is 1. The molecule has 0 unspecified atom stereocenters. The van der Waals surface area contributed by atoms with E-state index in [1.807, 2.05) is 16.8 Å². The zero-order chi connectivity index (χ0) is 10.8. The lowest BCUT2D eigenvalue weighted by molar-refractivity contribution is -0.144. The predicted octanol–water partition coefficient (Wildman–Crippen LogP) is 2.29. The van der Waals surface area contributed by atoms with Crippen molar-refractivity contribution < 1.29 is 14.7 Å². The van der Waals surface area contributed by atoms with Crippen LogP contribution < -0.4 is 0 Å². The Hall–Kier alpha value is -1.16. The molecule has 0 amide bonds. The standard InChI is InChI=1S/C11H12O3S/c12-8-1-2-9(11(13)14)10(5-8)7-3-4-15-6-7/h3-4,6,9-10H,1-2,5H2,(H,13,14)/t9-,10+/m0/s1. The number of rotatable bonds is 2. The lowest BCUT2D eigenvalue weighted by Crippen LogP contribution is -2.29. The molecule has 1 heterocycles. The zero-order valence-corrected chi connectivity index (χ0v) is 9.00. The van der Waals surface area contributed by atoms with Gasteiger partial charge in [0.1, 0.15) is 5.78 Å². The minimum absolute atomic E-state index is 0.116. The molecule has 0 aliphatic heterocycles. The predicted molar refractivity (Wildman–Crippen MR) is 57.0 cm³/mol. The zero-order valence-electron chi connectivity index (χ0n) is 8.18. The number of hydrogen-bond donors (Lipinski definition) is 1. The maximum absolute atomic E-state index is 11.3. The van der Waals surface area contributed by atoms with E-state index < -0.39 is 11.9 Å². The van der Waals surface area contributed by atoms with E-state index in [0.717, 1.165) is 5.56 Å². The van der Waals surface area contributed by atoms with Gasteiger partial charge >= 0.3 is 5.97 Å². The summed E-state index contributed by atoms with van der Waals surface area (Å²) in [6.07, 6.45) is 1.28. The highest BCUT2D eigenvalue weighted by Crippen LogP contribution is 2.37. The average molecular weight is 224 g/mol. The van der Waals surface area contributed by atoms with Gasteiger partial charge in [0.2, 0.25) is 0 Å². The molecule has 15 heavy (non-hydrogen) atoms. The Morgan fingerprint density at radius 1 is 1.53 bits per heavy atom. The quantitative estimate of drug-likeness (QED) is 0.838.